The van der Waals surface area contributed by atoms with Crippen molar-refractivity contribution in [1.82, 2.24) is 24.5 Å². The second kappa shape index (κ2) is 5.92. The number of imidazole rings is 1. The Bertz CT molecular complexity index is 803. The van der Waals surface area contributed by atoms with Crippen LogP contribution < -0.4 is 5.32 Å². The molecule has 2 atom stereocenters. The number of ether oxygens (including phenoxy) is 1. The lowest BCUT2D eigenvalue weighted by molar-refractivity contribution is 0.107. The Morgan fingerprint density at radius 3 is 2.96 bits per heavy atom. The SMILES string of the molecule is CCn1cnc2c(N[C@H]3CCO[C@@H]3c3ccncc3)ncnc21. The molecule has 1 aliphatic rings. The molecule has 7 nitrogen and oxygen atoms in total. The van der Waals surface area contributed by atoms with E-state index in [4.69, 9.17) is 4.74 Å². The molecule has 0 amide bonds. The van der Waals surface area contributed by atoms with E-state index in [9.17, 15) is 0 Å². The molecular weight excluding hydrogens is 292 g/mol. The smallest absolute Gasteiger partial charge is 0.165 e. The summed E-state index contributed by atoms with van der Waals surface area (Å²) in [5.41, 5.74) is 2.78. The van der Waals surface area contributed by atoms with Crippen LogP contribution in [-0.2, 0) is 11.3 Å². The fourth-order valence-electron chi connectivity index (χ4n) is 3.01. The zero-order valence-electron chi connectivity index (χ0n) is 12.9. The second-order valence-corrected chi connectivity index (χ2v) is 5.54. The van der Waals surface area contributed by atoms with Crippen LogP contribution in [0.15, 0.2) is 37.2 Å². The Morgan fingerprint density at radius 1 is 1.26 bits per heavy atom. The van der Waals surface area contributed by atoms with E-state index >= 15 is 0 Å². The van der Waals surface area contributed by atoms with E-state index in [1.807, 2.05) is 16.7 Å². The van der Waals surface area contributed by atoms with E-state index < -0.39 is 0 Å². The topological polar surface area (TPSA) is 77.8 Å². The van der Waals surface area contributed by atoms with E-state index in [0.29, 0.717) is 0 Å². The number of fused-ring (bicyclic) bond motifs is 1. The van der Waals surface area contributed by atoms with Gasteiger partial charge >= 0.3 is 0 Å². The maximum atomic E-state index is 5.90. The molecule has 3 aromatic heterocycles. The fraction of sp³-hybridized carbons (Fsp3) is 0.375. The lowest BCUT2D eigenvalue weighted by Gasteiger charge is -2.20. The number of nitrogens with zero attached hydrogens (tertiary/aromatic N) is 5. The minimum Gasteiger partial charge on any atom is -0.371 e. The van der Waals surface area contributed by atoms with Crippen molar-refractivity contribution in [3.63, 3.8) is 0 Å². The minimum atomic E-state index is -0.00345. The van der Waals surface area contributed by atoms with Gasteiger partial charge < -0.3 is 14.6 Å². The van der Waals surface area contributed by atoms with Gasteiger partial charge in [-0.15, -0.1) is 0 Å². The number of anilines is 1. The van der Waals surface area contributed by atoms with Crippen molar-refractivity contribution in [3.8, 4) is 0 Å². The first-order valence-electron chi connectivity index (χ1n) is 7.80. The first-order chi connectivity index (χ1) is 11.4. The van der Waals surface area contributed by atoms with Crippen LogP contribution in [0.1, 0.15) is 25.0 Å². The Hall–Kier alpha value is -2.54. The van der Waals surface area contributed by atoms with Crippen LogP contribution in [0.2, 0.25) is 0 Å². The summed E-state index contributed by atoms with van der Waals surface area (Å²) in [7, 11) is 0. The number of rotatable bonds is 4. The highest BCUT2D eigenvalue weighted by Crippen LogP contribution is 2.31. The van der Waals surface area contributed by atoms with E-state index in [0.717, 1.165) is 42.1 Å². The third-order valence-electron chi connectivity index (χ3n) is 4.19. The number of pyridine rings is 1. The average Bonchev–Trinajstić information content (AvgIpc) is 3.22. The van der Waals surface area contributed by atoms with Gasteiger partial charge in [0, 0.05) is 25.5 Å². The molecule has 0 spiro atoms. The fourth-order valence-corrected chi connectivity index (χ4v) is 3.01. The van der Waals surface area contributed by atoms with Crippen LogP contribution in [0.25, 0.3) is 11.2 Å². The lowest BCUT2D eigenvalue weighted by Crippen LogP contribution is -2.24. The summed E-state index contributed by atoms with van der Waals surface area (Å²) in [5, 5.41) is 3.50. The molecule has 0 bridgehead atoms. The standard InChI is InChI=1S/C16H18N6O/c1-2-22-10-20-13-15(18-9-19-16(13)22)21-12-5-8-23-14(12)11-3-6-17-7-4-11/h3-4,6-7,9-10,12,14H,2,5,8H2,1H3,(H,18,19,21)/t12-,14+/m0/s1. The highest BCUT2D eigenvalue weighted by Gasteiger charge is 2.30. The lowest BCUT2D eigenvalue weighted by atomic mass is 10.0. The predicted molar refractivity (Wildman–Crippen MR) is 86.0 cm³/mol. The summed E-state index contributed by atoms with van der Waals surface area (Å²) in [6, 6.07) is 4.14. The van der Waals surface area contributed by atoms with Crippen molar-refractivity contribution >= 4 is 17.0 Å². The summed E-state index contributed by atoms with van der Waals surface area (Å²) in [6.07, 6.45) is 7.88. The number of aromatic nitrogens is 5. The van der Waals surface area contributed by atoms with Crippen molar-refractivity contribution < 1.29 is 4.74 Å². The first-order valence-corrected chi connectivity index (χ1v) is 7.80. The van der Waals surface area contributed by atoms with Crippen molar-refractivity contribution in [3.05, 3.63) is 42.7 Å². The van der Waals surface area contributed by atoms with Crippen molar-refractivity contribution in [2.45, 2.75) is 32.0 Å². The number of hydrogen-bond acceptors (Lipinski definition) is 6. The molecule has 1 N–H and O–H groups in total. The summed E-state index contributed by atoms with van der Waals surface area (Å²) in [4.78, 5) is 17.2. The van der Waals surface area contributed by atoms with Gasteiger partial charge in [-0.2, -0.15) is 0 Å². The molecular formula is C16H18N6O. The molecule has 0 aromatic carbocycles. The van der Waals surface area contributed by atoms with Gasteiger partial charge in [-0.1, -0.05) is 0 Å². The normalized spacial score (nSPS) is 20.9. The monoisotopic (exact) mass is 310 g/mol. The van der Waals surface area contributed by atoms with Gasteiger partial charge in [0.15, 0.2) is 11.5 Å². The molecule has 0 saturated carbocycles. The molecule has 1 saturated heterocycles. The van der Waals surface area contributed by atoms with Crippen molar-refractivity contribution in [2.75, 3.05) is 11.9 Å². The number of hydrogen-bond donors (Lipinski definition) is 1. The molecule has 0 unspecified atom stereocenters. The molecule has 3 aromatic rings. The van der Waals surface area contributed by atoms with Crippen LogP contribution in [0, 0.1) is 0 Å². The third kappa shape index (κ3) is 2.53. The largest absolute Gasteiger partial charge is 0.371 e. The molecule has 0 radical (unpaired) electrons. The maximum Gasteiger partial charge on any atom is 0.165 e. The zero-order chi connectivity index (χ0) is 15.6. The van der Waals surface area contributed by atoms with Gasteiger partial charge in [0.25, 0.3) is 0 Å². The summed E-state index contributed by atoms with van der Waals surface area (Å²) in [5.74, 6) is 0.761. The summed E-state index contributed by atoms with van der Waals surface area (Å²) >= 11 is 0. The number of aryl methyl sites for hydroxylation is 1. The predicted octanol–water partition coefficient (Wildman–Crippen LogP) is 2.18. The van der Waals surface area contributed by atoms with Crippen LogP contribution in [-0.4, -0.2) is 37.2 Å². The average molecular weight is 310 g/mol. The van der Waals surface area contributed by atoms with E-state index in [1.54, 1.807) is 25.0 Å². The zero-order valence-corrected chi connectivity index (χ0v) is 12.9. The van der Waals surface area contributed by atoms with Gasteiger partial charge in [-0.05, 0) is 31.0 Å². The molecule has 7 heteroatoms. The highest BCUT2D eigenvalue weighted by atomic mass is 16.5. The van der Waals surface area contributed by atoms with Crippen LogP contribution in [0.4, 0.5) is 5.82 Å². The van der Waals surface area contributed by atoms with Crippen LogP contribution in [0.3, 0.4) is 0 Å². The van der Waals surface area contributed by atoms with Gasteiger partial charge in [0.1, 0.15) is 17.9 Å². The van der Waals surface area contributed by atoms with Gasteiger partial charge in [-0.3, -0.25) is 4.98 Å². The van der Waals surface area contributed by atoms with Gasteiger partial charge in [-0.25, -0.2) is 15.0 Å². The Morgan fingerprint density at radius 2 is 2.13 bits per heavy atom. The Labute approximate surface area is 133 Å². The molecule has 4 heterocycles. The second-order valence-electron chi connectivity index (χ2n) is 5.54. The quantitative estimate of drug-likeness (QED) is 0.796. The molecule has 23 heavy (non-hydrogen) atoms. The Kier molecular flexibility index (Phi) is 3.63. The molecule has 118 valence electrons. The molecule has 1 aliphatic heterocycles. The summed E-state index contributed by atoms with van der Waals surface area (Å²) in [6.45, 7) is 3.63. The van der Waals surface area contributed by atoms with Crippen molar-refractivity contribution in [2.24, 2.45) is 0 Å². The van der Waals surface area contributed by atoms with Crippen molar-refractivity contribution in [1.29, 1.82) is 0 Å². The Balaban J connectivity index is 1.64. The number of nitrogens with one attached hydrogen (secondary N) is 1. The maximum absolute atomic E-state index is 5.90. The first kappa shape index (κ1) is 14.1. The van der Waals surface area contributed by atoms with E-state index in [1.165, 1.54) is 0 Å². The van der Waals surface area contributed by atoms with E-state index in [-0.39, 0.29) is 12.1 Å². The van der Waals surface area contributed by atoms with Crippen LogP contribution in [0.5, 0.6) is 0 Å². The van der Waals surface area contributed by atoms with E-state index in [2.05, 4.69) is 32.2 Å². The molecule has 4 rings (SSSR count). The third-order valence-corrected chi connectivity index (χ3v) is 4.19. The highest BCUT2D eigenvalue weighted by molar-refractivity contribution is 5.82. The van der Waals surface area contributed by atoms with Gasteiger partial charge in [0.2, 0.25) is 0 Å². The minimum absolute atomic E-state index is 0.00345. The summed E-state index contributed by atoms with van der Waals surface area (Å²) < 4.78 is 7.91. The molecule has 0 aliphatic carbocycles. The van der Waals surface area contributed by atoms with Gasteiger partial charge in [0.05, 0.1) is 12.4 Å². The van der Waals surface area contributed by atoms with Crippen LogP contribution >= 0.6 is 0 Å². The molecule has 1 fully saturated rings.